The van der Waals surface area contributed by atoms with Gasteiger partial charge in [-0.15, -0.1) is 0 Å². The summed E-state index contributed by atoms with van der Waals surface area (Å²) in [4.78, 5) is 0. The van der Waals surface area contributed by atoms with Crippen LogP contribution in [-0.4, -0.2) is 19.9 Å². The number of hydrogen-bond acceptors (Lipinski definition) is 2. The zero-order chi connectivity index (χ0) is 24.2. The first-order valence-corrected chi connectivity index (χ1v) is 14.6. The van der Waals surface area contributed by atoms with Gasteiger partial charge in [-0.25, -0.2) is 0 Å². The zero-order valence-electron chi connectivity index (χ0n) is 21.1. The SMILES string of the molecule is COc1ccc(COCCCCCC[P+](c2ccccc2)(c2ccccc2)c2ccccc2)cc1.[Br-]. The molecule has 0 amide bonds. The fourth-order valence-corrected chi connectivity index (χ4v) is 9.11. The number of rotatable bonds is 13. The van der Waals surface area contributed by atoms with Crippen molar-refractivity contribution in [3.63, 3.8) is 0 Å². The van der Waals surface area contributed by atoms with E-state index in [-0.39, 0.29) is 17.0 Å². The number of ether oxygens (including phenoxy) is 2. The summed E-state index contributed by atoms with van der Waals surface area (Å²) in [7, 11) is -0.0114. The van der Waals surface area contributed by atoms with Gasteiger partial charge in [-0.2, -0.15) is 0 Å². The molecule has 0 unspecified atom stereocenters. The Morgan fingerprint density at radius 1 is 0.556 bits per heavy atom. The topological polar surface area (TPSA) is 18.5 Å². The molecule has 0 aliphatic rings. The predicted octanol–water partition coefficient (Wildman–Crippen LogP) is 3.77. The van der Waals surface area contributed by atoms with E-state index in [9.17, 15) is 0 Å². The van der Waals surface area contributed by atoms with E-state index in [4.69, 9.17) is 9.47 Å². The zero-order valence-corrected chi connectivity index (χ0v) is 23.5. The van der Waals surface area contributed by atoms with Gasteiger partial charge in [-0.3, -0.25) is 0 Å². The molecule has 0 bridgehead atoms. The normalized spacial score (nSPS) is 11.0. The van der Waals surface area contributed by atoms with Crippen LogP contribution in [0, 0.1) is 0 Å². The van der Waals surface area contributed by atoms with Crippen molar-refractivity contribution in [2.75, 3.05) is 19.9 Å². The molecule has 188 valence electrons. The summed E-state index contributed by atoms with van der Waals surface area (Å²) in [5.41, 5.74) is 1.19. The van der Waals surface area contributed by atoms with E-state index in [1.54, 1.807) is 7.11 Å². The molecule has 4 heteroatoms. The molecule has 4 aromatic rings. The standard InChI is InChI=1S/C32H36O2P.BrH/c1-33-29-23-21-28(22-24-29)27-34-25-13-2-3-14-26-35(30-15-7-4-8-16-30,31-17-9-5-10-18-31)32-19-11-6-12-20-32;/h4-12,15-24H,2-3,13-14,25-27H2,1H3;1H/q+1;/p-1. The van der Waals surface area contributed by atoms with Crippen molar-refractivity contribution in [3.05, 3.63) is 121 Å². The highest BCUT2D eigenvalue weighted by Gasteiger charge is 2.44. The van der Waals surface area contributed by atoms with E-state index >= 15 is 0 Å². The highest BCUT2D eigenvalue weighted by molar-refractivity contribution is 7.95. The van der Waals surface area contributed by atoms with Crippen LogP contribution in [0.25, 0.3) is 0 Å². The molecule has 0 heterocycles. The second-order valence-electron chi connectivity index (χ2n) is 8.85. The summed E-state index contributed by atoms with van der Waals surface area (Å²) in [6.45, 7) is 1.47. The molecule has 0 N–H and O–H groups in total. The lowest BCUT2D eigenvalue weighted by Gasteiger charge is -2.27. The van der Waals surface area contributed by atoms with Gasteiger partial charge < -0.3 is 26.5 Å². The second kappa shape index (κ2) is 15.0. The van der Waals surface area contributed by atoms with Gasteiger partial charge in [0.15, 0.2) is 0 Å². The number of halogens is 1. The van der Waals surface area contributed by atoms with E-state index in [1.165, 1.54) is 46.9 Å². The molecule has 4 aromatic carbocycles. The van der Waals surface area contributed by atoms with Crippen LogP contribution in [-0.2, 0) is 11.3 Å². The predicted molar refractivity (Wildman–Crippen MR) is 151 cm³/mol. The minimum Gasteiger partial charge on any atom is -1.00 e. The monoisotopic (exact) mass is 562 g/mol. The van der Waals surface area contributed by atoms with E-state index in [1.807, 2.05) is 12.1 Å². The van der Waals surface area contributed by atoms with Crippen molar-refractivity contribution in [3.8, 4) is 5.75 Å². The van der Waals surface area contributed by atoms with Crippen LogP contribution in [0.4, 0.5) is 0 Å². The summed E-state index contributed by atoms with van der Waals surface area (Å²) in [6, 6.07) is 41.6. The fraction of sp³-hybridized carbons (Fsp3) is 0.250. The first-order valence-electron chi connectivity index (χ1n) is 12.6. The molecule has 2 nitrogen and oxygen atoms in total. The van der Waals surface area contributed by atoms with Gasteiger partial charge in [0, 0.05) is 6.61 Å². The quantitative estimate of drug-likeness (QED) is 0.182. The van der Waals surface area contributed by atoms with Crippen LogP contribution in [0.15, 0.2) is 115 Å². The van der Waals surface area contributed by atoms with Gasteiger partial charge in [-0.05, 0) is 73.4 Å². The third kappa shape index (κ3) is 7.29. The molecule has 0 aliphatic heterocycles. The smallest absolute Gasteiger partial charge is 0.118 e. The second-order valence-corrected chi connectivity index (χ2v) is 12.5. The Kier molecular flexibility index (Phi) is 11.7. The molecule has 0 radical (unpaired) electrons. The maximum Gasteiger partial charge on any atom is 0.118 e. The van der Waals surface area contributed by atoms with E-state index < -0.39 is 7.26 Å². The number of benzene rings is 4. The molecule has 0 spiro atoms. The van der Waals surface area contributed by atoms with E-state index in [0.29, 0.717) is 6.61 Å². The molecular formula is C32H36BrO2P. The molecule has 0 saturated heterocycles. The van der Waals surface area contributed by atoms with E-state index in [2.05, 4.69) is 103 Å². The van der Waals surface area contributed by atoms with Crippen molar-refractivity contribution >= 4 is 23.2 Å². The van der Waals surface area contributed by atoms with Gasteiger partial charge in [0.2, 0.25) is 0 Å². The lowest BCUT2D eigenvalue weighted by molar-refractivity contribution is -0.00000780. The first-order chi connectivity index (χ1) is 17.3. The molecule has 4 rings (SSSR count). The molecule has 0 saturated carbocycles. The van der Waals surface area contributed by atoms with Crippen molar-refractivity contribution in [2.45, 2.75) is 32.3 Å². The third-order valence-corrected chi connectivity index (χ3v) is 11.1. The largest absolute Gasteiger partial charge is 1.00 e. The highest BCUT2D eigenvalue weighted by Crippen LogP contribution is 2.55. The summed E-state index contributed by atoms with van der Waals surface area (Å²) in [5, 5.41) is 4.42. The van der Waals surface area contributed by atoms with Crippen LogP contribution < -0.4 is 37.6 Å². The molecule has 0 aliphatic carbocycles. The lowest BCUT2D eigenvalue weighted by atomic mass is 10.2. The van der Waals surface area contributed by atoms with Crippen molar-refractivity contribution in [1.82, 2.24) is 0 Å². The molecule has 36 heavy (non-hydrogen) atoms. The molecule has 0 atom stereocenters. The van der Waals surface area contributed by atoms with Gasteiger partial charge in [0.05, 0.1) is 19.9 Å². The summed E-state index contributed by atoms with van der Waals surface area (Å²) >= 11 is 0. The Labute approximate surface area is 227 Å². The average molecular weight is 564 g/mol. The number of hydrogen-bond donors (Lipinski definition) is 0. The maximum absolute atomic E-state index is 5.91. The maximum atomic E-state index is 5.91. The van der Waals surface area contributed by atoms with Crippen LogP contribution in [0.5, 0.6) is 5.75 Å². The number of unbranched alkanes of at least 4 members (excludes halogenated alkanes) is 3. The fourth-order valence-electron chi connectivity index (χ4n) is 4.70. The van der Waals surface area contributed by atoms with Crippen LogP contribution >= 0.6 is 7.26 Å². The van der Waals surface area contributed by atoms with Gasteiger partial charge in [-0.1, -0.05) is 73.2 Å². The summed E-state index contributed by atoms with van der Waals surface area (Å²) in [6.07, 6.45) is 5.92. The Morgan fingerprint density at radius 3 is 1.50 bits per heavy atom. The van der Waals surface area contributed by atoms with Gasteiger partial charge in [0.25, 0.3) is 0 Å². The first kappa shape index (κ1) is 28.1. The van der Waals surface area contributed by atoms with Gasteiger partial charge in [0.1, 0.15) is 28.9 Å². The Balaban J connectivity index is 0.00000361. The minimum atomic E-state index is -1.70. The Bertz CT molecular complexity index is 1020. The summed E-state index contributed by atoms with van der Waals surface area (Å²) in [5.74, 6) is 0.883. The third-order valence-electron chi connectivity index (χ3n) is 6.55. The molecule has 0 fully saturated rings. The Morgan fingerprint density at radius 2 is 1.03 bits per heavy atom. The van der Waals surface area contributed by atoms with Crippen molar-refractivity contribution < 1.29 is 26.5 Å². The molecular weight excluding hydrogens is 527 g/mol. The van der Waals surface area contributed by atoms with Crippen LogP contribution in [0.2, 0.25) is 0 Å². The minimum absolute atomic E-state index is 0. The lowest BCUT2D eigenvalue weighted by Crippen LogP contribution is -3.00. The van der Waals surface area contributed by atoms with Crippen LogP contribution in [0.3, 0.4) is 0 Å². The summed E-state index contributed by atoms with van der Waals surface area (Å²) < 4.78 is 11.1. The Hall–Kier alpha value is -2.45. The van der Waals surface area contributed by atoms with Gasteiger partial charge >= 0.3 is 0 Å². The van der Waals surface area contributed by atoms with Crippen molar-refractivity contribution in [1.29, 1.82) is 0 Å². The van der Waals surface area contributed by atoms with Crippen LogP contribution in [0.1, 0.15) is 31.2 Å². The molecule has 0 aromatic heterocycles. The average Bonchev–Trinajstić information content (AvgIpc) is 2.94. The highest BCUT2D eigenvalue weighted by atomic mass is 79.9. The number of methoxy groups -OCH3 is 1. The van der Waals surface area contributed by atoms with Crippen molar-refractivity contribution in [2.24, 2.45) is 0 Å². The van der Waals surface area contributed by atoms with E-state index in [0.717, 1.165) is 18.8 Å².